The Morgan fingerprint density at radius 3 is 2.87 bits per heavy atom. The highest BCUT2D eigenvalue weighted by molar-refractivity contribution is 5.01. The molecule has 84 valence electrons. The number of likely N-dealkylation sites (N-methyl/N-ethyl adjacent to an activating group) is 1. The summed E-state index contributed by atoms with van der Waals surface area (Å²) < 4.78 is 5.39. The van der Waals surface area contributed by atoms with Crippen LogP contribution in [0.3, 0.4) is 0 Å². The van der Waals surface area contributed by atoms with Gasteiger partial charge in [-0.05, 0) is 25.6 Å². The van der Waals surface area contributed by atoms with E-state index in [1.165, 1.54) is 0 Å². The maximum absolute atomic E-state index is 5.39. The molecule has 2 heterocycles. The Labute approximate surface area is 91.4 Å². The third-order valence-electron chi connectivity index (χ3n) is 3.24. The lowest BCUT2D eigenvalue weighted by Crippen LogP contribution is -2.59. The number of hydrogen-bond acceptors (Lipinski definition) is 3. The Kier molecular flexibility index (Phi) is 3.44. The van der Waals surface area contributed by atoms with E-state index in [1.54, 1.807) is 6.26 Å². The molecule has 0 saturated carbocycles. The standard InChI is InChI=1S/C12H20N2O/c1-3-14(11-8-13-9-11)10(2)7-12-5-4-6-15-12/h4-6,10-11,13H,3,7-9H2,1-2H3. The molecule has 3 heteroatoms. The van der Waals surface area contributed by atoms with Crippen LogP contribution in [0, 0.1) is 0 Å². The molecule has 1 N–H and O–H groups in total. The SMILES string of the molecule is CCN(C(C)Cc1ccco1)C1CNC1. The second kappa shape index (κ2) is 4.81. The van der Waals surface area contributed by atoms with Crippen molar-refractivity contribution in [2.24, 2.45) is 0 Å². The van der Waals surface area contributed by atoms with Crippen LogP contribution in [0.2, 0.25) is 0 Å². The van der Waals surface area contributed by atoms with Crippen molar-refractivity contribution in [2.45, 2.75) is 32.4 Å². The molecule has 1 aromatic heterocycles. The smallest absolute Gasteiger partial charge is 0.105 e. The third-order valence-corrected chi connectivity index (χ3v) is 3.24. The predicted octanol–water partition coefficient (Wildman–Crippen LogP) is 1.50. The molecule has 0 aliphatic carbocycles. The first-order valence-corrected chi connectivity index (χ1v) is 5.80. The number of nitrogens with one attached hydrogen (secondary N) is 1. The van der Waals surface area contributed by atoms with Crippen molar-refractivity contribution in [3.63, 3.8) is 0 Å². The number of hydrogen-bond donors (Lipinski definition) is 1. The maximum Gasteiger partial charge on any atom is 0.105 e. The van der Waals surface area contributed by atoms with Gasteiger partial charge in [0.15, 0.2) is 0 Å². The molecule has 15 heavy (non-hydrogen) atoms. The molecule has 1 saturated heterocycles. The van der Waals surface area contributed by atoms with Gasteiger partial charge >= 0.3 is 0 Å². The quantitative estimate of drug-likeness (QED) is 0.795. The summed E-state index contributed by atoms with van der Waals surface area (Å²) in [5, 5.41) is 3.32. The third kappa shape index (κ3) is 2.41. The van der Waals surface area contributed by atoms with Crippen molar-refractivity contribution in [2.75, 3.05) is 19.6 Å². The molecule has 1 aromatic rings. The van der Waals surface area contributed by atoms with Gasteiger partial charge in [0.05, 0.1) is 6.26 Å². The molecule has 0 bridgehead atoms. The number of nitrogens with zero attached hydrogens (tertiary/aromatic N) is 1. The van der Waals surface area contributed by atoms with Crippen molar-refractivity contribution in [1.82, 2.24) is 10.2 Å². The predicted molar refractivity (Wildman–Crippen MR) is 60.9 cm³/mol. The van der Waals surface area contributed by atoms with Crippen LogP contribution in [0.1, 0.15) is 19.6 Å². The van der Waals surface area contributed by atoms with Crippen LogP contribution < -0.4 is 5.32 Å². The summed E-state index contributed by atoms with van der Waals surface area (Å²) in [5.74, 6) is 1.09. The van der Waals surface area contributed by atoms with Crippen LogP contribution in [0.15, 0.2) is 22.8 Å². The van der Waals surface area contributed by atoms with Crippen molar-refractivity contribution < 1.29 is 4.42 Å². The molecule has 0 amide bonds. The average molecular weight is 208 g/mol. The zero-order valence-corrected chi connectivity index (χ0v) is 9.57. The molecule has 1 fully saturated rings. The Bertz CT molecular complexity index is 280. The van der Waals surface area contributed by atoms with E-state index in [4.69, 9.17) is 4.42 Å². The summed E-state index contributed by atoms with van der Waals surface area (Å²) in [6.45, 7) is 7.90. The first kappa shape index (κ1) is 10.7. The molecule has 1 aliphatic rings. The molecule has 0 aromatic carbocycles. The van der Waals surface area contributed by atoms with Gasteiger partial charge in [-0.1, -0.05) is 6.92 Å². The maximum atomic E-state index is 5.39. The highest BCUT2D eigenvalue weighted by Crippen LogP contribution is 2.14. The zero-order valence-electron chi connectivity index (χ0n) is 9.57. The van der Waals surface area contributed by atoms with Gasteiger partial charge in [-0.2, -0.15) is 0 Å². The van der Waals surface area contributed by atoms with E-state index >= 15 is 0 Å². The fraction of sp³-hybridized carbons (Fsp3) is 0.667. The van der Waals surface area contributed by atoms with Crippen LogP contribution in [0.4, 0.5) is 0 Å². The fourth-order valence-electron chi connectivity index (χ4n) is 2.27. The highest BCUT2D eigenvalue weighted by atomic mass is 16.3. The van der Waals surface area contributed by atoms with Gasteiger partial charge in [0.25, 0.3) is 0 Å². The van der Waals surface area contributed by atoms with Crippen LogP contribution in [-0.2, 0) is 6.42 Å². The molecular formula is C12H20N2O. The van der Waals surface area contributed by atoms with Gasteiger partial charge in [-0.3, -0.25) is 4.90 Å². The van der Waals surface area contributed by atoms with E-state index in [2.05, 4.69) is 30.1 Å². The van der Waals surface area contributed by atoms with Gasteiger partial charge < -0.3 is 9.73 Å². The van der Waals surface area contributed by atoms with E-state index in [0.29, 0.717) is 6.04 Å². The van der Waals surface area contributed by atoms with Crippen LogP contribution in [0.25, 0.3) is 0 Å². The first-order valence-electron chi connectivity index (χ1n) is 5.80. The Hall–Kier alpha value is -0.800. The minimum atomic E-state index is 0.563. The van der Waals surface area contributed by atoms with Crippen molar-refractivity contribution in [3.8, 4) is 0 Å². The lowest BCUT2D eigenvalue weighted by atomic mass is 10.1. The summed E-state index contributed by atoms with van der Waals surface area (Å²) in [5.41, 5.74) is 0. The second-order valence-electron chi connectivity index (χ2n) is 4.28. The first-order chi connectivity index (χ1) is 7.31. The summed E-state index contributed by atoms with van der Waals surface area (Å²) >= 11 is 0. The van der Waals surface area contributed by atoms with Gasteiger partial charge in [0.2, 0.25) is 0 Å². The van der Waals surface area contributed by atoms with Gasteiger partial charge in [0, 0.05) is 31.6 Å². The molecule has 2 rings (SSSR count). The molecule has 1 aliphatic heterocycles. The van der Waals surface area contributed by atoms with Crippen LogP contribution in [-0.4, -0.2) is 36.6 Å². The van der Waals surface area contributed by atoms with E-state index < -0.39 is 0 Å². The zero-order chi connectivity index (χ0) is 10.7. The van der Waals surface area contributed by atoms with Crippen LogP contribution in [0.5, 0.6) is 0 Å². The molecule has 1 unspecified atom stereocenters. The minimum Gasteiger partial charge on any atom is -0.469 e. The molecule has 1 atom stereocenters. The monoisotopic (exact) mass is 208 g/mol. The lowest BCUT2D eigenvalue weighted by Gasteiger charge is -2.41. The van der Waals surface area contributed by atoms with E-state index in [9.17, 15) is 0 Å². The largest absolute Gasteiger partial charge is 0.469 e. The summed E-state index contributed by atoms with van der Waals surface area (Å²) in [6, 6.07) is 5.31. The highest BCUT2D eigenvalue weighted by Gasteiger charge is 2.27. The molecular weight excluding hydrogens is 188 g/mol. The lowest BCUT2D eigenvalue weighted by molar-refractivity contribution is 0.106. The van der Waals surface area contributed by atoms with Gasteiger partial charge in [-0.25, -0.2) is 0 Å². The number of furan rings is 1. The van der Waals surface area contributed by atoms with Crippen molar-refractivity contribution in [3.05, 3.63) is 24.2 Å². The van der Waals surface area contributed by atoms with Crippen LogP contribution >= 0.6 is 0 Å². The van der Waals surface area contributed by atoms with Crippen molar-refractivity contribution >= 4 is 0 Å². The van der Waals surface area contributed by atoms with E-state index in [-0.39, 0.29) is 0 Å². The minimum absolute atomic E-state index is 0.563. The topological polar surface area (TPSA) is 28.4 Å². The van der Waals surface area contributed by atoms with Gasteiger partial charge in [0.1, 0.15) is 5.76 Å². The molecule has 0 spiro atoms. The summed E-state index contributed by atoms with van der Waals surface area (Å²) in [7, 11) is 0. The Morgan fingerprint density at radius 2 is 2.40 bits per heavy atom. The normalized spacial score (nSPS) is 19.1. The second-order valence-corrected chi connectivity index (χ2v) is 4.28. The Morgan fingerprint density at radius 1 is 1.60 bits per heavy atom. The van der Waals surface area contributed by atoms with Gasteiger partial charge in [-0.15, -0.1) is 0 Å². The summed E-state index contributed by atoms with van der Waals surface area (Å²) in [4.78, 5) is 2.55. The van der Waals surface area contributed by atoms with Crippen molar-refractivity contribution in [1.29, 1.82) is 0 Å². The Balaban J connectivity index is 1.90. The molecule has 0 radical (unpaired) electrons. The number of rotatable bonds is 5. The van der Waals surface area contributed by atoms with E-state index in [0.717, 1.165) is 37.9 Å². The molecule has 3 nitrogen and oxygen atoms in total. The fourth-order valence-corrected chi connectivity index (χ4v) is 2.27. The average Bonchev–Trinajstić information content (AvgIpc) is 2.63. The summed E-state index contributed by atoms with van der Waals surface area (Å²) in [6.07, 6.45) is 2.76. The van der Waals surface area contributed by atoms with E-state index in [1.807, 2.05) is 6.07 Å².